The molecule has 4 amide bonds. The van der Waals surface area contributed by atoms with E-state index >= 15 is 0 Å². The molecule has 6 atom stereocenters. The van der Waals surface area contributed by atoms with Gasteiger partial charge >= 0.3 is 0 Å². The lowest BCUT2D eigenvalue weighted by Gasteiger charge is -2.19. The average Bonchev–Trinajstić information content (AvgIpc) is 4.34. The fourth-order valence-electron chi connectivity index (χ4n) is 8.62. The SMILES string of the molecule is O=C(NC(CCCCNC1CC1c1ccccc1)C(=O)NCc1cc(-c2cccc(C3CC3NCCCCC(NC(=O)c3ccccn3)C(=O)NCc3ccncc3)c2)ccn1)c1cccnc1. The van der Waals surface area contributed by atoms with Crippen LogP contribution in [-0.2, 0) is 22.7 Å². The summed E-state index contributed by atoms with van der Waals surface area (Å²) in [6.07, 6.45) is 16.2. The maximum absolute atomic E-state index is 13.7. The Morgan fingerprint density at radius 3 is 1.90 bits per heavy atom. The smallest absolute Gasteiger partial charge is 0.270 e. The normalized spacial score (nSPS) is 17.8. The van der Waals surface area contributed by atoms with E-state index in [-0.39, 0.29) is 35.9 Å². The lowest BCUT2D eigenvalue weighted by atomic mass is 10.0. The van der Waals surface area contributed by atoms with Crippen LogP contribution < -0.4 is 31.9 Å². The maximum atomic E-state index is 13.7. The van der Waals surface area contributed by atoms with E-state index in [2.05, 4.69) is 100 Å². The molecule has 0 bridgehead atoms. The summed E-state index contributed by atoms with van der Waals surface area (Å²) in [5.74, 6) is -0.260. The standard InChI is InChI=1S/C54H60N10O4/c65-51(42-16-11-23-56-35-42)63-47(18-5-8-25-59-49-32-44(49)38-12-2-1-3-13-38)53(67)62-36-43-31-40(22-29-57-43)39-14-10-15-41(30-39)45-33-50(45)60-26-9-6-19-48(64-54(68)46-17-4-7-24-58-46)52(66)61-34-37-20-27-55-28-21-37/h1-4,7,10-17,20-24,27-31,35,44-45,47-50,59-60H,5-6,8-9,18-19,25-26,32-34,36H2,(H,61,66)(H,62,67)(H,63,65)(H,64,68). The molecule has 6 aromatic rings. The summed E-state index contributed by atoms with van der Waals surface area (Å²) in [6, 6.07) is 34.8. The van der Waals surface area contributed by atoms with E-state index in [1.165, 1.54) is 17.3 Å². The van der Waals surface area contributed by atoms with Gasteiger partial charge in [-0.25, -0.2) is 0 Å². The lowest BCUT2D eigenvalue weighted by molar-refractivity contribution is -0.124. The van der Waals surface area contributed by atoms with Crippen molar-refractivity contribution in [3.8, 4) is 11.1 Å². The van der Waals surface area contributed by atoms with E-state index in [1.54, 1.807) is 61.3 Å². The molecule has 8 rings (SSSR count). The van der Waals surface area contributed by atoms with Gasteiger partial charge in [0.15, 0.2) is 0 Å². The molecule has 0 saturated heterocycles. The molecule has 2 aromatic carbocycles. The Bertz CT molecular complexity index is 2570. The summed E-state index contributed by atoms with van der Waals surface area (Å²) in [5, 5.41) is 19.2. The Balaban J connectivity index is 0.790. The first-order valence-electron chi connectivity index (χ1n) is 23.8. The minimum atomic E-state index is -0.710. The first kappa shape index (κ1) is 47.3. The van der Waals surface area contributed by atoms with Gasteiger partial charge < -0.3 is 31.9 Å². The van der Waals surface area contributed by atoms with E-state index < -0.39 is 12.1 Å². The molecule has 2 aliphatic carbocycles. The largest absolute Gasteiger partial charge is 0.350 e. The van der Waals surface area contributed by atoms with Crippen molar-refractivity contribution in [1.82, 2.24) is 51.8 Å². The predicted octanol–water partition coefficient (Wildman–Crippen LogP) is 6.40. The van der Waals surface area contributed by atoms with Crippen LogP contribution in [0.4, 0.5) is 0 Å². The highest BCUT2D eigenvalue weighted by molar-refractivity contribution is 5.97. The van der Waals surface area contributed by atoms with Crippen molar-refractivity contribution in [1.29, 1.82) is 0 Å². The quantitative estimate of drug-likeness (QED) is 0.0351. The van der Waals surface area contributed by atoms with Crippen LogP contribution in [0.1, 0.15) is 106 Å². The van der Waals surface area contributed by atoms with Crippen molar-refractivity contribution in [2.45, 2.75) is 100 Å². The molecule has 6 N–H and O–H groups in total. The van der Waals surface area contributed by atoms with Gasteiger partial charge in [-0.1, -0.05) is 60.7 Å². The highest BCUT2D eigenvalue weighted by Crippen LogP contribution is 2.42. The van der Waals surface area contributed by atoms with Crippen LogP contribution in [-0.4, -0.2) is 80.8 Å². The van der Waals surface area contributed by atoms with Crippen LogP contribution in [0, 0.1) is 0 Å². The van der Waals surface area contributed by atoms with Gasteiger partial charge in [-0.2, -0.15) is 0 Å². The van der Waals surface area contributed by atoms with Crippen LogP contribution in [0.2, 0.25) is 0 Å². The van der Waals surface area contributed by atoms with E-state index in [9.17, 15) is 19.2 Å². The van der Waals surface area contributed by atoms with Gasteiger partial charge in [-0.15, -0.1) is 0 Å². The monoisotopic (exact) mass is 912 g/mol. The third-order valence-corrected chi connectivity index (χ3v) is 12.7. The van der Waals surface area contributed by atoms with E-state index in [0.717, 1.165) is 74.0 Å². The van der Waals surface area contributed by atoms with Crippen LogP contribution in [0.15, 0.2) is 146 Å². The first-order chi connectivity index (χ1) is 33.4. The second-order valence-corrected chi connectivity index (χ2v) is 17.7. The molecule has 4 aromatic heterocycles. The topological polar surface area (TPSA) is 192 Å². The summed E-state index contributed by atoms with van der Waals surface area (Å²) in [6.45, 7) is 2.21. The zero-order valence-electron chi connectivity index (χ0n) is 38.2. The van der Waals surface area contributed by atoms with Gasteiger partial charge in [0.25, 0.3) is 11.8 Å². The lowest BCUT2D eigenvalue weighted by Crippen LogP contribution is -2.46. The second-order valence-electron chi connectivity index (χ2n) is 17.7. The summed E-state index contributed by atoms with van der Waals surface area (Å²) in [4.78, 5) is 69.9. The van der Waals surface area contributed by atoms with Crippen molar-refractivity contribution >= 4 is 23.6 Å². The van der Waals surface area contributed by atoms with Crippen molar-refractivity contribution in [3.05, 3.63) is 180 Å². The number of carbonyl (C=O) groups is 4. The number of hydrogen-bond acceptors (Lipinski definition) is 10. The summed E-state index contributed by atoms with van der Waals surface area (Å²) in [5.41, 5.74) is 7.02. The molecule has 14 nitrogen and oxygen atoms in total. The van der Waals surface area contributed by atoms with Gasteiger partial charge in [-0.3, -0.25) is 39.1 Å². The zero-order valence-corrected chi connectivity index (χ0v) is 38.2. The Kier molecular flexibility index (Phi) is 16.7. The zero-order chi connectivity index (χ0) is 46.9. The molecule has 0 spiro atoms. The molecule has 2 fully saturated rings. The number of nitrogens with one attached hydrogen (secondary N) is 6. The fraction of sp³-hybridized carbons (Fsp3) is 0.333. The number of benzene rings is 2. The molecule has 4 heterocycles. The molecular weight excluding hydrogens is 853 g/mol. The Hall–Kier alpha value is -7.16. The van der Waals surface area contributed by atoms with E-state index in [1.807, 2.05) is 30.3 Å². The molecule has 6 unspecified atom stereocenters. The number of nitrogens with zero attached hydrogens (tertiary/aromatic N) is 4. The third-order valence-electron chi connectivity index (χ3n) is 12.7. The third kappa shape index (κ3) is 13.9. The van der Waals surface area contributed by atoms with Crippen molar-refractivity contribution < 1.29 is 19.2 Å². The number of aromatic nitrogens is 4. The molecule has 0 aliphatic heterocycles. The predicted molar refractivity (Wildman–Crippen MR) is 261 cm³/mol. The van der Waals surface area contributed by atoms with Gasteiger partial charge in [0.05, 0.1) is 17.8 Å². The van der Waals surface area contributed by atoms with Crippen LogP contribution in [0.3, 0.4) is 0 Å². The molecule has 68 heavy (non-hydrogen) atoms. The van der Waals surface area contributed by atoms with Gasteiger partial charge in [0.1, 0.15) is 17.8 Å². The van der Waals surface area contributed by atoms with Crippen molar-refractivity contribution in [2.75, 3.05) is 13.1 Å². The number of hydrogen-bond donors (Lipinski definition) is 6. The van der Waals surface area contributed by atoms with Crippen LogP contribution in [0.25, 0.3) is 11.1 Å². The second kappa shape index (κ2) is 24.0. The number of pyridine rings is 4. The van der Waals surface area contributed by atoms with Crippen LogP contribution in [0.5, 0.6) is 0 Å². The molecule has 350 valence electrons. The Morgan fingerprint density at radius 2 is 1.21 bits per heavy atom. The first-order valence-corrected chi connectivity index (χ1v) is 23.8. The van der Waals surface area contributed by atoms with Gasteiger partial charge in [-0.05, 0) is 141 Å². The average molecular weight is 913 g/mol. The minimum absolute atomic E-state index is 0.220. The fourth-order valence-corrected chi connectivity index (χ4v) is 8.62. The Labute approximate surface area is 398 Å². The summed E-state index contributed by atoms with van der Waals surface area (Å²) < 4.78 is 0. The molecular formula is C54H60N10O4. The minimum Gasteiger partial charge on any atom is -0.350 e. The van der Waals surface area contributed by atoms with Gasteiger partial charge in [0, 0.05) is 67.6 Å². The summed E-state index contributed by atoms with van der Waals surface area (Å²) >= 11 is 0. The number of amides is 4. The summed E-state index contributed by atoms with van der Waals surface area (Å²) in [7, 11) is 0. The molecule has 0 radical (unpaired) electrons. The van der Waals surface area contributed by atoms with Crippen molar-refractivity contribution in [2.24, 2.45) is 0 Å². The maximum Gasteiger partial charge on any atom is 0.270 e. The van der Waals surface area contributed by atoms with E-state index in [4.69, 9.17) is 0 Å². The number of carbonyl (C=O) groups excluding carboxylic acids is 4. The van der Waals surface area contributed by atoms with Crippen LogP contribution >= 0.6 is 0 Å². The number of rotatable bonds is 25. The van der Waals surface area contributed by atoms with E-state index in [0.29, 0.717) is 48.9 Å². The van der Waals surface area contributed by atoms with Crippen molar-refractivity contribution in [3.63, 3.8) is 0 Å². The molecule has 2 aliphatic rings. The van der Waals surface area contributed by atoms with Gasteiger partial charge in [0.2, 0.25) is 11.8 Å². The Morgan fingerprint density at radius 1 is 0.544 bits per heavy atom. The highest BCUT2D eigenvalue weighted by atomic mass is 16.2. The highest BCUT2D eigenvalue weighted by Gasteiger charge is 2.38. The number of unbranched alkanes of at least 4 members (excludes halogenated alkanes) is 2. The molecule has 14 heteroatoms. The molecule has 2 saturated carbocycles.